The first-order chi connectivity index (χ1) is 7.69. The van der Waals surface area contributed by atoms with E-state index in [2.05, 4.69) is 23.4 Å². The predicted molar refractivity (Wildman–Crippen MR) is 68.2 cm³/mol. The van der Waals surface area contributed by atoms with Gasteiger partial charge in [-0.15, -0.1) is 0 Å². The van der Waals surface area contributed by atoms with E-state index in [4.69, 9.17) is 5.73 Å². The molecule has 0 radical (unpaired) electrons. The van der Waals surface area contributed by atoms with E-state index in [-0.39, 0.29) is 6.04 Å². The van der Waals surface area contributed by atoms with Crippen LogP contribution in [-0.4, -0.2) is 15.6 Å². The standard InChI is InChI=1S/C13H25N3/c1-4-6-7-11(5-2)12(14)10-13-15-8-9-16(13)3/h8-9,11-12H,4-7,10,14H2,1-3H3. The number of rotatable bonds is 7. The molecule has 0 amide bonds. The van der Waals surface area contributed by atoms with Gasteiger partial charge in [0.1, 0.15) is 5.82 Å². The fourth-order valence-corrected chi connectivity index (χ4v) is 2.16. The van der Waals surface area contributed by atoms with Gasteiger partial charge in [0.2, 0.25) is 0 Å². The molecule has 1 heterocycles. The van der Waals surface area contributed by atoms with E-state index in [0.29, 0.717) is 5.92 Å². The van der Waals surface area contributed by atoms with Crippen LogP contribution in [0.2, 0.25) is 0 Å². The molecule has 0 fully saturated rings. The summed E-state index contributed by atoms with van der Waals surface area (Å²) in [6, 6.07) is 0.248. The third-order valence-corrected chi connectivity index (χ3v) is 3.40. The van der Waals surface area contributed by atoms with E-state index in [1.807, 2.05) is 19.4 Å². The minimum absolute atomic E-state index is 0.248. The molecule has 0 aromatic carbocycles. The van der Waals surface area contributed by atoms with Gasteiger partial charge in [-0.2, -0.15) is 0 Å². The molecule has 92 valence electrons. The lowest BCUT2D eigenvalue weighted by Crippen LogP contribution is -2.33. The van der Waals surface area contributed by atoms with Crippen LogP contribution in [0, 0.1) is 5.92 Å². The second kappa shape index (κ2) is 6.69. The zero-order valence-electron chi connectivity index (χ0n) is 10.8. The van der Waals surface area contributed by atoms with Crippen LogP contribution in [0.4, 0.5) is 0 Å². The molecule has 3 heteroatoms. The zero-order chi connectivity index (χ0) is 12.0. The number of nitrogens with zero attached hydrogens (tertiary/aromatic N) is 2. The first-order valence-corrected chi connectivity index (χ1v) is 6.40. The average Bonchev–Trinajstić information content (AvgIpc) is 2.65. The molecule has 0 saturated heterocycles. The molecule has 1 aromatic heterocycles. The van der Waals surface area contributed by atoms with Crippen molar-refractivity contribution in [3.05, 3.63) is 18.2 Å². The average molecular weight is 223 g/mol. The zero-order valence-corrected chi connectivity index (χ0v) is 10.8. The summed E-state index contributed by atoms with van der Waals surface area (Å²) in [6.45, 7) is 4.47. The van der Waals surface area contributed by atoms with E-state index >= 15 is 0 Å². The molecule has 0 saturated carbocycles. The summed E-state index contributed by atoms with van der Waals surface area (Å²) >= 11 is 0. The maximum atomic E-state index is 6.28. The van der Waals surface area contributed by atoms with Gasteiger partial charge in [0.25, 0.3) is 0 Å². The van der Waals surface area contributed by atoms with Gasteiger partial charge < -0.3 is 10.3 Å². The minimum atomic E-state index is 0.248. The van der Waals surface area contributed by atoms with Crippen LogP contribution >= 0.6 is 0 Å². The molecule has 0 aliphatic rings. The molecule has 0 bridgehead atoms. The van der Waals surface area contributed by atoms with E-state index in [0.717, 1.165) is 12.2 Å². The molecule has 2 atom stereocenters. The number of nitrogens with two attached hydrogens (primary N) is 1. The molecule has 1 aromatic rings. The summed E-state index contributed by atoms with van der Waals surface area (Å²) in [6.07, 6.45) is 9.68. The van der Waals surface area contributed by atoms with Crippen molar-refractivity contribution in [1.29, 1.82) is 0 Å². The SMILES string of the molecule is CCCCC(CC)C(N)Cc1nccn1C. The molecular formula is C13H25N3. The van der Waals surface area contributed by atoms with E-state index in [1.165, 1.54) is 25.7 Å². The van der Waals surface area contributed by atoms with E-state index in [1.54, 1.807) is 0 Å². The lowest BCUT2D eigenvalue weighted by molar-refractivity contribution is 0.363. The highest BCUT2D eigenvalue weighted by molar-refractivity contribution is 4.95. The number of aryl methyl sites for hydroxylation is 1. The van der Waals surface area contributed by atoms with E-state index in [9.17, 15) is 0 Å². The Morgan fingerprint density at radius 3 is 2.69 bits per heavy atom. The molecule has 2 N–H and O–H groups in total. The maximum absolute atomic E-state index is 6.28. The van der Waals surface area contributed by atoms with Gasteiger partial charge in [-0.3, -0.25) is 0 Å². The van der Waals surface area contributed by atoms with Crippen molar-refractivity contribution in [3.63, 3.8) is 0 Å². The summed E-state index contributed by atoms with van der Waals surface area (Å²) < 4.78 is 2.06. The van der Waals surface area contributed by atoms with Crippen molar-refractivity contribution >= 4 is 0 Å². The fourth-order valence-electron chi connectivity index (χ4n) is 2.16. The third kappa shape index (κ3) is 3.63. The Kier molecular flexibility index (Phi) is 5.53. The number of hydrogen-bond acceptors (Lipinski definition) is 2. The molecule has 0 aliphatic heterocycles. The smallest absolute Gasteiger partial charge is 0.109 e. The van der Waals surface area contributed by atoms with Gasteiger partial charge in [0.05, 0.1) is 0 Å². The molecule has 0 aliphatic carbocycles. The van der Waals surface area contributed by atoms with E-state index < -0.39 is 0 Å². The Morgan fingerprint density at radius 1 is 1.44 bits per heavy atom. The highest BCUT2D eigenvalue weighted by Crippen LogP contribution is 2.18. The van der Waals surface area contributed by atoms with Crippen molar-refractivity contribution < 1.29 is 0 Å². The van der Waals surface area contributed by atoms with Crippen LogP contribution in [0.3, 0.4) is 0 Å². The van der Waals surface area contributed by atoms with Gasteiger partial charge >= 0.3 is 0 Å². The van der Waals surface area contributed by atoms with Gasteiger partial charge in [0.15, 0.2) is 0 Å². The number of hydrogen-bond donors (Lipinski definition) is 1. The molecule has 2 unspecified atom stereocenters. The van der Waals surface area contributed by atoms with Crippen LogP contribution in [0.15, 0.2) is 12.4 Å². The Hall–Kier alpha value is -0.830. The Morgan fingerprint density at radius 2 is 2.19 bits per heavy atom. The van der Waals surface area contributed by atoms with Crippen LogP contribution in [0.1, 0.15) is 45.4 Å². The highest BCUT2D eigenvalue weighted by Gasteiger charge is 2.17. The van der Waals surface area contributed by atoms with Crippen LogP contribution in [-0.2, 0) is 13.5 Å². The lowest BCUT2D eigenvalue weighted by atomic mass is 9.90. The summed E-state index contributed by atoms with van der Waals surface area (Å²) in [5.41, 5.74) is 6.28. The van der Waals surface area contributed by atoms with Crippen molar-refractivity contribution in [2.45, 2.75) is 52.0 Å². The predicted octanol–water partition coefficient (Wildman–Crippen LogP) is 2.51. The Bertz CT molecular complexity index is 293. The summed E-state index contributed by atoms with van der Waals surface area (Å²) in [5.74, 6) is 1.74. The lowest BCUT2D eigenvalue weighted by Gasteiger charge is -2.22. The Labute approximate surface area is 99.1 Å². The third-order valence-electron chi connectivity index (χ3n) is 3.40. The van der Waals surface area contributed by atoms with Crippen LogP contribution in [0.25, 0.3) is 0 Å². The van der Waals surface area contributed by atoms with Crippen LogP contribution in [0.5, 0.6) is 0 Å². The summed E-state index contributed by atoms with van der Waals surface area (Å²) in [5, 5.41) is 0. The molecule has 1 rings (SSSR count). The molecule has 3 nitrogen and oxygen atoms in total. The number of imidazole rings is 1. The highest BCUT2D eigenvalue weighted by atomic mass is 15.0. The number of aromatic nitrogens is 2. The van der Waals surface area contributed by atoms with Crippen LogP contribution < -0.4 is 5.73 Å². The van der Waals surface area contributed by atoms with Gasteiger partial charge in [0, 0.05) is 31.9 Å². The summed E-state index contributed by atoms with van der Waals surface area (Å²) in [4.78, 5) is 4.34. The minimum Gasteiger partial charge on any atom is -0.338 e. The second-order valence-corrected chi connectivity index (χ2v) is 4.63. The van der Waals surface area contributed by atoms with Crippen molar-refractivity contribution in [1.82, 2.24) is 9.55 Å². The maximum Gasteiger partial charge on any atom is 0.109 e. The Balaban J connectivity index is 2.49. The molecule has 16 heavy (non-hydrogen) atoms. The largest absolute Gasteiger partial charge is 0.338 e. The first kappa shape index (κ1) is 13.2. The first-order valence-electron chi connectivity index (χ1n) is 6.40. The monoisotopic (exact) mass is 223 g/mol. The normalized spacial score (nSPS) is 15.0. The fraction of sp³-hybridized carbons (Fsp3) is 0.769. The molecule has 0 spiro atoms. The van der Waals surface area contributed by atoms with Gasteiger partial charge in [-0.05, 0) is 12.3 Å². The quantitative estimate of drug-likeness (QED) is 0.772. The number of unbranched alkanes of at least 4 members (excludes halogenated alkanes) is 1. The van der Waals surface area contributed by atoms with Gasteiger partial charge in [-0.1, -0.05) is 33.1 Å². The summed E-state index contributed by atoms with van der Waals surface area (Å²) in [7, 11) is 2.03. The van der Waals surface area contributed by atoms with Gasteiger partial charge in [-0.25, -0.2) is 4.98 Å². The van der Waals surface area contributed by atoms with Crippen molar-refractivity contribution in [2.24, 2.45) is 18.7 Å². The van der Waals surface area contributed by atoms with Crippen molar-refractivity contribution in [3.8, 4) is 0 Å². The molecular weight excluding hydrogens is 198 g/mol. The second-order valence-electron chi connectivity index (χ2n) is 4.63. The van der Waals surface area contributed by atoms with Crippen molar-refractivity contribution in [2.75, 3.05) is 0 Å². The topological polar surface area (TPSA) is 43.8 Å².